The molecule has 1 aromatic carbocycles. The maximum atomic E-state index is 11.5. The van der Waals surface area contributed by atoms with Gasteiger partial charge in [0, 0.05) is 35.6 Å². The van der Waals surface area contributed by atoms with Crippen LogP contribution in [0.5, 0.6) is 5.75 Å². The van der Waals surface area contributed by atoms with Crippen molar-refractivity contribution in [3.63, 3.8) is 0 Å². The Kier molecular flexibility index (Phi) is 5.43. The summed E-state index contributed by atoms with van der Waals surface area (Å²) in [5.41, 5.74) is 0.886. The number of rotatable bonds is 6. The summed E-state index contributed by atoms with van der Waals surface area (Å²) in [5.74, 6) is 0.589. The van der Waals surface area contributed by atoms with Gasteiger partial charge in [0.05, 0.1) is 0 Å². The minimum atomic E-state index is 0.0850. The number of phenolic OH excluding ortho intramolecular Hbond substituents is 1. The van der Waals surface area contributed by atoms with E-state index in [2.05, 4.69) is 21.2 Å². The number of halogens is 1. The number of aromatic hydroxyl groups is 1. The van der Waals surface area contributed by atoms with Crippen LogP contribution in [0.1, 0.15) is 37.8 Å². The number of carbonyl (C=O) groups is 1. The fourth-order valence-electron chi connectivity index (χ4n) is 2.51. The standard InChI is InChI=1S/C15H21BrN2O2/c1-11(13-10-12(16)5-6-14(13)19)17-7-3-9-18-8-2-4-15(18)20/h5-6,10-11,17,19H,2-4,7-9H2,1H3/t11-/m1/s1. The molecule has 0 aromatic heterocycles. The summed E-state index contributed by atoms with van der Waals surface area (Å²) in [4.78, 5) is 13.4. The van der Waals surface area contributed by atoms with Gasteiger partial charge in [-0.2, -0.15) is 0 Å². The van der Waals surface area contributed by atoms with Gasteiger partial charge >= 0.3 is 0 Å². The number of nitrogens with one attached hydrogen (secondary N) is 1. The number of hydrogen-bond acceptors (Lipinski definition) is 3. The molecule has 1 heterocycles. The molecule has 1 aliphatic rings. The molecule has 1 atom stereocenters. The first-order valence-electron chi connectivity index (χ1n) is 7.07. The zero-order valence-electron chi connectivity index (χ0n) is 11.7. The zero-order valence-corrected chi connectivity index (χ0v) is 13.3. The van der Waals surface area contributed by atoms with Gasteiger partial charge in [0.15, 0.2) is 0 Å². The molecule has 20 heavy (non-hydrogen) atoms. The minimum Gasteiger partial charge on any atom is -0.508 e. The quantitative estimate of drug-likeness (QED) is 0.783. The van der Waals surface area contributed by atoms with E-state index in [1.807, 2.05) is 24.0 Å². The van der Waals surface area contributed by atoms with Crippen LogP contribution in [0, 0.1) is 0 Å². The van der Waals surface area contributed by atoms with Crippen molar-refractivity contribution in [1.29, 1.82) is 0 Å². The molecule has 0 bridgehead atoms. The summed E-state index contributed by atoms with van der Waals surface area (Å²) in [6.45, 7) is 4.59. The van der Waals surface area contributed by atoms with Gasteiger partial charge in [0.25, 0.3) is 0 Å². The zero-order chi connectivity index (χ0) is 14.5. The van der Waals surface area contributed by atoms with Crippen molar-refractivity contribution < 1.29 is 9.90 Å². The largest absolute Gasteiger partial charge is 0.508 e. The van der Waals surface area contributed by atoms with Crippen molar-refractivity contribution in [1.82, 2.24) is 10.2 Å². The Morgan fingerprint density at radius 1 is 1.50 bits per heavy atom. The first-order valence-corrected chi connectivity index (χ1v) is 7.87. The SMILES string of the molecule is C[C@@H](NCCCN1CCCC1=O)c1cc(Br)ccc1O. The highest BCUT2D eigenvalue weighted by Crippen LogP contribution is 2.27. The third kappa shape index (κ3) is 3.96. The Balaban J connectivity index is 1.76. The Morgan fingerprint density at radius 3 is 3.00 bits per heavy atom. The molecule has 0 radical (unpaired) electrons. The van der Waals surface area contributed by atoms with Gasteiger partial charge in [-0.3, -0.25) is 4.79 Å². The number of carbonyl (C=O) groups excluding carboxylic acids is 1. The molecule has 5 heteroatoms. The molecule has 0 unspecified atom stereocenters. The summed E-state index contributed by atoms with van der Waals surface area (Å²) in [6.07, 6.45) is 2.63. The van der Waals surface area contributed by atoms with Gasteiger partial charge < -0.3 is 15.3 Å². The Morgan fingerprint density at radius 2 is 2.30 bits per heavy atom. The van der Waals surface area contributed by atoms with Crippen LogP contribution < -0.4 is 5.32 Å². The van der Waals surface area contributed by atoms with E-state index in [0.29, 0.717) is 12.2 Å². The first kappa shape index (κ1) is 15.3. The molecule has 4 nitrogen and oxygen atoms in total. The number of nitrogens with zero attached hydrogens (tertiary/aromatic N) is 1. The average Bonchev–Trinajstić information content (AvgIpc) is 2.83. The maximum absolute atomic E-state index is 11.5. The van der Waals surface area contributed by atoms with E-state index >= 15 is 0 Å². The molecular formula is C15H21BrN2O2. The van der Waals surface area contributed by atoms with E-state index in [1.165, 1.54) is 0 Å². The fraction of sp³-hybridized carbons (Fsp3) is 0.533. The van der Waals surface area contributed by atoms with Crippen LogP contribution in [0.25, 0.3) is 0 Å². The number of benzene rings is 1. The van der Waals surface area contributed by atoms with Crippen molar-refractivity contribution in [3.05, 3.63) is 28.2 Å². The summed E-state index contributed by atoms with van der Waals surface area (Å²) in [5, 5.41) is 13.2. The predicted molar refractivity (Wildman–Crippen MR) is 82.7 cm³/mol. The van der Waals surface area contributed by atoms with Gasteiger partial charge in [0.1, 0.15) is 5.75 Å². The van der Waals surface area contributed by atoms with Crippen LogP contribution in [-0.2, 0) is 4.79 Å². The van der Waals surface area contributed by atoms with Gasteiger partial charge in [-0.1, -0.05) is 15.9 Å². The summed E-state index contributed by atoms with van der Waals surface area (Å²) in [7, 11) is 0. The monoisotopic (exact) mass is 340 g/mol. The van der Waals surface area contributed by atoms with Crippen LogP contribution >= 0.6 is 15.9 Å². The average molecular weight is 341 g/mol. The number of amides is 1. The molecule has 1 amide bonds. The van der Waals surface area contributed by atoms with E-state index < -0.39 is 0 Å². The normalized spacial score (nSPS) is 16.7. The smallest absolute Gasteiger partial charge is 0.222 e. The maximum Gasteiger partial charge on any atom is 0.222 e. The van der Waals surface area contributed by atoms with Crippen LogP contribution in [0.3, 0.4) is 0 Å². The lowest BCUT2D eigenvalue weighted by Gasteiger charge is -2.18. The summed E-state index contributed by atoms with van der Waals surface area (Å²) >= 11 is 3.41. The lowest BCUT2D eigenvalue weighted by atomic mass is 10.1. The molecule has 2 N–H and O–H groups in total. The second-order valence-electron chi connectivity index (χ2n) is 5.22. The molecule has 2 rings (SSSR count). The van der Waals surface area contributed by atoms with E-state index in [0.717, 1.165) is 42.5 Å². The Bertz CT molecular complexity index is 479. The number of likely N-dealkylation sites (tertiary alicyclic amines) is 1. The first-order chi connectivity index (χ1) is 9.58. The highest BCUT2D eigenvalue weighted by Gasteiger charge is 2.19. The number of hydrogen-bond donors (Lipinski definition) is 2. The summed E-state index contributed by atoms with van der Waals surface area (Å²) < 4.78 is 0.960. The van der Waals surface area contributed by atoms with Crippen molar-refractivity contribution in [3.8, 4) is 5.75 Å². The number of phenols is 1. The fourth-order valence-corrected chi connectivity index (χ4v) is 2.89. The van der Waals surface area contributed by atoms with Gasteiger partial charge in [-0.05, 0) is 44.5 Å². The lowest BCUT2D eigenvalue weighted by molar-refractivity contribution is -0.127. The van der Waals surface area contributed by atoms with Gasteiger partial charge in [0.2, 0.25) is 5.91 Å². The molecule has 1 aromatic rings. The molecular weight excluding hydrogens is 320 g/mol. The third-order valence-corrected chi connectivity index (χ3v) is 4.18. The minimum absolute atomic E-state index is 0.0850. The van der Waals surface area contributed by atoms with Crippen molar-refractivity contribution in [2.24, 2.45) is 0 Å². The van der Waals surface area contributed by atoms with E-state index in [4.69, 9.17) is 0 Å². The Labute approximate surface area is 128 Å². The second-order valence-corrected chi connectivity index (χ2v) is 6.13. The van der Waals surface area contributed by atoms with E-state index in [1.54, 1.807) is 6.07 Å². The lowest BCUT2D eigenvalue weighted by Crippen LogP contribution is -2.29. The molecule has 1 fully saturated rings. The van der Waals surface area contributed by atoms with Crippen LogP contribution in [-0.4, -0.2) is 35.5 Å². The predicted octanol–water partition coefficient (Wildman–Crippen LogP) is 2.82. The van der Waals surface area contributed by atoms with Crippen molar-refractivity contribution in [2.45, 2.75) is 32.2 Å². The molecule has 1 aliphatic heterocycles. The molecule has 110 valence electrons. The Hall–Kier alpha value is -1.07. The van der Waals surface area contributed by atoms with Gasteiger partial charge in [-0.25, -0.2) is 0 Å². The van der Waals surface area contributed by atoms with Crippen molar-refractivity contribution >= 4 is 21.8 Å². The highest BCUT2D eigenvalue weighted by molar-refractivity contribution is 9.10. The topological polar surface area (TPSA) is 52.6 Å². The third-order valence-electron chi connectivity index (χ3n) is 3.68. The summed E-state index contributed by atoms with van der Waals surface area (Å²) in [6, 6.07) is 5.53. The molecule has 1 saturated heterocycles. The van der Waals surface area contributed by atoms with E-state index in [9.17, 15) is 9.90 Å². The van der Waals surface area contributed by atoms with Crippen LogP contribution in [0.15, 0.2) is 22.7 Å². The van der Waals surface area contributed by atoms with Crippen LogP contribution in [0.2, 0.25) is 0 Å². The van der Waals surface area contributed by atoms with Crippen molar-refractivity contribution in [2.75, 3.05) is 19.6 Å². The highest BCUT2D eigenvalue weighted by atomic mass is 79.9. The van der Waals surface area contributed by atoms with E-state index in [-0.39, 0.29) is 11.9 Å². The molecule has 0 spiro atoms. The second kappa shape index (κ2) is 7.09. The molecule has 0 aliphatic carbocycles. The molecule has 0 saturated carbocycles. The van der Waals surface area contributed by atoms with Crippen LogP contribution in [0.4, 0.5) is 0 Å². The van der Waals surface area contributed by atoms with Gasteiger partial charge in [-0.15, -0.1) is 0 Å².